The minimum atomic E-state index is -0.531. The molecule has 0 fully saturated rings. The minimum Gasteiger partial charge on any atom is -0.385 e. The summed E-state index contributed by atoms with van der Waals surface area (Å²) in [6.07, 6.45) is 3.24. The summed E-state index contributed by atoms with van der Waals surface area (Å²) >= 11 is 0. The summed E-state index contributed by atoms with van der Waals surface area (Å²) < 4.78 is 4.93. The summed E-state index contributed by atoms with van der Waals surface area (Å²) in [4.78, 5) is 15.1. The Labute approximate surface area is 118 Å². The van der Waals surface area contributed by atoms with Crippen molar-refractivity contribution in [3.05, 3.63) is 36.0 Å². The zero-order chi connectivity index (χ0) is 14.4. The number of rotatable bonds is 7. The molecule has 1 aromatic carbocycles. The molecule has 5 nitrogen and oxygen atoms in total. The number of ether oxygens (including phenoxy) is 1. The number of H-pyrrole nitrogens is 1. The van der Waals surface area contributed by atoms with Gasteiger partial charge in [-0.2, -0.15) is 0 Å². The number of carbonyl (C=O) groups excluding carboxylic acids is 1. The molecule has 1 amide bonds. The third kappa shape index (κ3) is 3.59. The molecule has 1 atom stereocenters. The van der Waals surface area contributed by atoms with Crippen molar-refractivity contribution in [1.29, 1.82) is 0 Å². The van der Waals surface area contributed by atoms with Gasteiger partial charge in [-0.1, -0.05) is 18.2 Å². The van der Waals surface area contributed by atoms with Crippen LogP contribution in [-0.4, -0.2) is 37.2 Å². The highest BCUT2D eigenvalue weighted by molar-refractivity contribution is 5.86. The highest BCUT2D eigenvalue weighted by Crippen LogP contribution is 2.18. The Morgan fingerprint density at radius 3 is 3.05 bits per heavy atom. The number of para-hydroxylation sites is 1. The lowest BCUT2D eigenvalue weighted by molar-refractivity contribution is -0.122. The van der Waals surface area contributed by atoms with Gasteiger partial charge in [0.25, 0.3) is 0 Å². The third-order valence-corrected chi connectivity index (χ3v) is 3.28. The Kier molecular flexibility index (Phi) is 5.15. The lowest BCUT2D eigenvalue weighted by Crippen LogP contribution is -2.42. The first-order valence-electron chi connectivity index (χ1n) is 6.79. The third-order valence-electron chi connectivity index (χ3n) is 3.28. The van der Waals surface area contributed by atoms with E-state index in [1.165, 1.54) is 0 Å². The standard InChI is InChI=1S/C15H21N3O2/c1-20-8-4-7-17-15(19)13(16)9-11-10-18-14-6-3-2-5-12(11)14/h2-3,5-6,10,13,18H,4,7-9,16H2,1H3,(H,17,19)/t13-/m1/s1. The van der Waals surface area contributed by atoms with Gasteiger partial charge in [-0.15, -0.1) is 0 Å². The van der Waals surface area contributed by atoms with Gasteiger partial charge < -0.3 is 20.8 Å². The normalized spacial score (nSPS) is 12.5. The molecule has 0 radical (unpaired) electrons. The lowest BCUT2D eigenvalue weighted by Gasteiger charge is -2.11. The number of hydrogen-bond donors (Lipinski definition) is 3. The Bertz CT molecular complexity index is 565. The second kappa shape index (κ2) is 7.07. The van der Waals surface area contributed by atoms with E-state index >= 15 is 0 Å². The fourth-order valence-corrected chi connectivity index (χ4v) is 2.19. The Hall–Kier alpha value is -1.85. The first-order valence-corrected chi connectivity index (χ1v) is 6.79. The minimum absolute atomic E-state index is 0.119. The fourth-order valence-electron chi connectivity index (χ4n) is 2.19. The molecule has 1 heterocycles. The van der Waals surface area contributed by atoms with Crippen LogP contribution >= 0.6 is 0 Å². The highest BCUT2D eigenvalue weighted by atomic mass is 16.5. The van der Waals surface area contributed by atoms with Crippen LogP contribution in [0.2, 0.25) is 0 Å². The number of aromatic nitrogens is 1. The van der Waals surface area contributed by atoms with E-state index in [-0.39, 0.29) is 5.91 Å². The van der Waals surface area contributed by atoms with E-state index in [4.69, 9.17) is 10.5 Å². The molecule has 4 N–H and O–H groups in total. The summed E-state index contributed by atoms with van der Waals surface area (Å²) in [7, 11) is 1.64. The quantitative estimate of drug-likeness (QED) is 0.664. The van der Waals surface area contributed by atoms with E-state index in [1.807, 2.05) is 30.5 Å². The number of carbonyl (C=O) groups is 1. The largest absolute Gasteiger partial charge is 0.385 e. The van der Waals surface area contributed by atoms with Crippen molar-refractivity contribution < 1.29 is 9.53 Å². The van der Waals surface area contributed by atoms with E-state index in [1.54, 1.807) is 7.11 Å². The second-order valence-electron chi connectivity index (χ2n) is 4.81. The fraction of sp³-hybridized carbons (Fsp3) is 0.400. The molecular weight excluding hydrogens is 254 g/mol. The van der Waals surface area contributed by atoms with Gasteiger partial charge >= 0.3 is 0 Å². The predicted molar refractivity (Wildman–Crippen MR) is 79.5 cm³/mol. The molecule has 2 aromatic rings. The van der Waals surface area contributed by atoms with Crippen LogP contribution in [0.5, 0.6) is 0 Å². The molecule has 0 unspecified atom stereocenters. The van der Waals surface area contributed by atoms with E-state index in [0.717, 1.165) is 22.9 Å². The van der Waals surface area contributed by atoms with Gasteiger partial charge in [0.05, 0.1) is 6.04 Å². The zero-order valence-electron chi connectivity index (χ0n) is 11.7. The topological polar surface area (TPSA) is 80.1 Å². The van der Waals surface area contributed by atoms with Crippen molar-refractivity contribution in [2.45, 2.75) is 18.9 Å². The van der Waals surface area contributed by atoms with Crippen LogP contribution in [0.25, 0.3) is 10.9 Å². The summed E-state index contributed by atoms with van der Waals surface area (Å²) in [6.45, 7) is 1.23. The van der Waals surface area contributed by atoms with Crippen molar-refractivity contribution in [1.82, 2.24) is 10.3 Å². The van der Waals surface area contributed by atoms with Crippen molar-refractivity contribution in [3.8, 4) is 0 Å². The molecule has 0 spiro atoms. The maximum atomic E-state index is 11.9. The Balaban J connectivity index is 1.90. The van der Waals surface area contributed by atoms with Crippen LogP contribution in [0.1, 0.15) is 12.0 Å². The molecule has 0 aliphatic heterocycles. The van der Waals surface area contributed by atoms with E-state index in [2.05, 4.69) is 10.3 Å². The van der Waals surface area contributed by atoms with Crippen LogP contribution in [-0.2, 0) is 16.0 Å². The maximum absolute atomic E-state index is 11.9. The smallest absolute Gasteiger partial charge is 0.237 e. The number of nitrogens with one attached hydrogen (secondary N) is 2. The van der Waals surface area contributed by atoms with Crippen molar-refractivity contribution in [3.63, 3.8) is 0 Å². The number of fused-ring (bicyclic) bond motifs is 1. The van der Waals surface area contributed by atoms with Crippen molar-refractivity contribution in [2.24, 2.45) is 5.73 Å². The molecule has 0 aliphatic carbocycles. The van der Waals surface area contributed by atoms with Crippen molar-refractivity contribution in [2.75, 3.05) is 20.3 Å². The van der Waals surface area contributed by atoms with Crippen LogP contribution in [0.4, 0.5) is 0 Å². The Morgan fingerprint density at radius 2 is 2.25 bits per heavy atom. The average molecular weight is 275 g/mol. The predicted octanol–water partition coefficient (Wildman–Crippen LogP) is 1.19. The van der Waals surface area contributed by atoms with Crippen LogP contribution in [0.15, 0.2) is 30.5 Å². The van der Waals surface area contributed by atoms with Crippen LogP contribution < -0.4 is 11.1 Å². The van der Waals surface area contributed by atoms with Gasteiger partial charge in [0.1, 0.15) is 0 Å². The van der Waals surface area contributed by atoms with E-state index in [9.17, 15) is 4.79 Å². The zero-order valence-corrected chi connectivity index (χ0v) is 11.7. The first kappa shape index (κ1) is 14.6. The van der Waals surface area contributed by atoms with Crippen molar-refractivity contribution >= 4 is 16.8 Å². The number of aromatic amines is 1. The second-order valence-corrected chi connectivity index (χ2v) is 4.81. The summed E-state index contributed by atoms with van der Waals surface area (Å²) in [5, 5.41) is 3.94. The number of nitrogens with two attached hydrogens (primary N) is 1. The number of hydrogen-bond acceptors (Lipinski definition) is 3. The molecule has 20 heavy (non-hydrogen) atoms. The molecule has 0 saturated heterocycles. The SMILES string of the molecule is COCCCNC(=O)[C@H](N)Cc1c[nH]c2ccccc12. The number of methoxy groups -OCH3 is 1. The van der Waals surface area contributed by atoms with Gasteiger partial charge in [0.2, 0.25) is 5.91 Å². The van der Waals surface area contributed by atoms with Crippen LogP contribution in [0, 0.1) is 0 Å². The first-order chi connectivity index (χ1) is 9.72. The number of benzene rings is 1. The molecular formula is C15H21N3O2. The monoisotopic (exact) mass is 275 g/mol. The highest BCUT2D eigenvalue weighted by Gasteiger charge is 2.15. The maximum Gasteiger partial charge on any atom is 0.237 e. The number of amides is 1. The molecule has 0 saturated carbocycles. The van der Waals surface area contributed by atoms with Gasteiger partial charge in [-0.05, 0) is 24.5 Å². The van der Waals surface area contributed by atoms with Gasteiger partial charge in [-0.3, -0.25) is 4.79 Å². The van der Waals surface area contributed by atoms with E-state index in [0.29, 0.717) is 19.6 Å². The summed E-state index contributed by atoms with van der Waals surface area (Å²) in [5.41, 5.74) is 8.09. The summed E-state index contributed by atoms with van der Waals surface area (Å²) in [5.74, 6) is -0.119. The Morgan fingerprint density at radius 1 is 1.45 bits per heavy atom. The molecule has 108 valence electrons. The molecule has 1 aromatic heterocycles. The van der Waals surface area contributed by atoms with E-state index < -0.39 is 6.04 Å². The average Bonchev–Trinajstić information content (AvgIpc) is 2.87. The lowest BCUT2D eigenvalue weighted by atomic mass is 10.1. The van der Waals surface area contributed by atoms with Gasteiger partial charge in [0, 0.05) is 37.4 Å². The van der Waals surface area contributed by atoms with Gasteiger partial charge in [0.15, 0.2) is 0 Å². The van der Waals surface area contributed by atoms with Crippen LogP contribution in [0.3, 0.4) is 0 Å². The van der Waals surface area contributed by atoms with Gasteiger partial charge in [-0.25, -0.2) is 0 Å². The molecule has 2 rings (SSSR count). The summed E-state index contributed by atoms with van der Waals surface area (Å²) in [6, 6.07) is 7.47. The molecule has 5 heteroatoms. The molecule has 0 aliphatic rings. The molecule has 0 bridgehead atoms.